The van der Waals surface area contributed by atoms with Crippen molar-refractivity contribution in [1.29, 1.82) is 0 Å². The number of nitrogens with zero attached hydrogens (tertiary/aromatic N) is 4. The van der Waals surface area contributed by atoms with Gasteiger partial charge in [-0.05, 0) is 70.4 Å². The lowest BCUT2D eigenvalue weighted by Crippen LogP contribution is -2.59. The van der Waals surface area contributed by atoms with Crippen LogP contribution in [0.5, 0.6) is 0 Å². The van der Waals surface area contributed by atoms with Crippen LogP contribution in [0.4, 0.5) is 34.1 Å². The number of benzene rings is 5. The van der Waals surface area contributed by atoms with E-state index in [-0.39, 0.29) is 13.4 Å². The first-order chi connectivity index (χ1) is 22.9. The highest BCUT2D eigenvalue weighted by Gasteiger charge is 2.37. The van der Waals surface area contributed by atoms with Crippen molar-refractivity contribution in [2.75, 3.05) is 9.80 Å². The molecule has 0 fully saturated rings. The second-order valence-corrected chi connectivity index (χ2v) is 11.8. The van der Waals surface area contributed by atoms with Crippen LogP contribution >= 0.6 is 0 Å². The number of rotatable bonds is 4. The lowest BCUT2D eigenvalue weighted by Gasteiger charge is -2.37. The van der Waals surface area contributed by atoms with Crippen LogP contribution in [-0.4, -0.2) is 23.4 Å². The van der Waals surface area contributed by atoms with Crippen molar-refractivity contribution >= 4 is 80.3 Å². The number of hydrogen-bond acceptors (Lipinski definition) is 4. The molecule has 7 aromatic rings. The fraction of sp³-hybridized carbons (Fsp3) is 0. The summed E-state index contributed by atoms with van der Waals surface area (Å²) in [4.78, 5) is 13.3. The van der Waals surface area contributed by atoms with Gasteiger partial charge in [-0.3, -0.25) is 9.97 Å². The summed E-state index contributed by atoms with van der Waals surface area (Å²) >= 11 is 0. The van der Waals surface area contributed by atoms with Gasteiger partial charge in [0.2, 0.25) is 13.4 Å². The molecular weight excluding hydrogens is 558 g/mol. The van der Waals surface area contributed by atoms with Crippen LogP contribution in [0.25, 0.3) is 0 Å². The van der Waals surface area contributed by atoms with E-state index >= 15 is 0 Å². The molecule has 0 unspecified atom stereocenters. The van der Waals surface area contributed by atoms with Gasteiger partial charge in [-0.2, -0.15) is 0 Å². The van der Waals surface area contributed by atoms with Gasteiger partial charge in [-0.15, -0.1) is 0 Å². The van der Waals surface area contributed by atoms with E-state index in [2.05, 4.69) is 165 Å². The third kappa shape index (κ3) is 4.18. The second-order valence-electron chi connectivity index (χ2n) is 11.8. The monoisotopic (exact) mass is 586 g/mol. The predicted molar refractivity (Wildman–Crippen MR) is 194 cm³/mol. The highest BCUT2D eigenvalue weighted by molar-refractivity contribution is 6.99. The summed E-state index contributed by atoms with van der Waals surface area (Å²) < 4.78 is 0. The van der Waals surface area contributed by atoms with E-state index in [0.29, 0.717) is 0 Å². The van der Waals surface area contributed by atoms with Crippen LogP contribution in [0.3, 0.4) is 0 Å². The summed E-state index contributed by atoms with van der Waals surface area (Å²) in [5, 5.41) is 0. The van der Waals surface area contributed by atoms with Gasteiger partial charge in [0.05, 0.1) is 0 Å². The number of anilines is 6. The average Bonchev–Trinajstić information content (AvgIpc) is 3.13. The number of fused-ring (bicyclic) bond motifs is 4. The molecule has 9 rings (SSSR count). The summed E-state index contributed by atoms with van der Waals surface area (Å²) in [6.45, 7) is 0.236. The van der Waals surface area contributed by atoms with Gasteiger partial charge in [0.15, 0.2) is 0 Å². The Hall–Kier alpha value is -5.87. The number of hydrogen-bond donors (Lipinski definition) is 0. The SMILES string of the molecule is c1ccc2c(c1)B(c1ccc(B3c4ccccc4N(c4ccncc4)c4ccccc43)cc1)c1ccccc1N2c1ccncc1. The lowest BCUT2D eigenvalue weighted by atomic mass is 9.33. The Labute approximate surface area is 269 Å². The first-order valence-electron chi connectivity index (χ1n) is 15.7. The van der Waals surface area contributed by atoms with Gasteiger partial charge in [-0.25, -0.2) is 0 Å². The summed E-state index contributed by atoms with van der Waals surface area (Å²) in [7, 11) is 0. The number of para-hydroxylation sites is 4. The minimum Gasteiger partial charge on any atom is -0.311 e. The third-order valence-electron chi connectivity index (χ3n) is 9.40. The molecule has 2 aliphatic rings. The van der Waals surface area contributed by atoms with Gasteiger partial charge >= 0.3 is 0 Å². The molecule has 0 bridgehead atoms. The van der Waals surface area contributed by atoms with E-state index in [1.54, 1.807) is 0 Å². The standard InChI is InChI=1S/C40H28B2N4/c1-5-13-37-33(9-1)41(34-10-2-6-14-38(34)45(37)31-21-25-43-26-22-31)29-17-19-30(20-18-29)42-35-11-3-7-15-39(35)46(32-23-27-44-28-24-32)40-16-8-4-12-36(40)42/h1-28H. The Morgan fingerprint density at radius 1 is 0.326 bits per heavy atom. The molecule has 0 aliphatic carbocycles. The molecule has 0 spiro atoms. The van der Waals surface area contributed by atoms with Crippen LogP contribution in [-0.2, 0) is 0 Å². The fourth-order valence-electron chi connectivity index (χ4n) is 7.48. The molecule has 0 atom stereocenters. The van der Waals surface area contributed by atoms with Crippen LogP contribution in [0.15, 0.2) is 170 Å². The molecule has 0 saturated carbocycles. The molecule has 46 heavy (non-hydrogen) atoms. The van der Waals surface area contributed by atoms with E-state index in [9.17, 15) is 0 Å². The van der Waals surface area contributed by atoms with Gasteiger partial charge in [0.25, 0.3) is 0 Å². The van der Waals surface area contributed by atoms with Gasteiger partial charge < -0.3 is 9.80 Å². The maximum Gasteiger partial charge on any atom is 0.246 e. The Morgan fingerprint density at radius 3 is 0.913 bits per heavy atom. The molecule has 0 N–H and O–H groups in total. The molecular formula is C40H28B2N4. The van der Waals surface area contributed by atoms with Crippen LogP contribution < -0.4 is 42.6 Å². The predicted octanol–water partition coefficient (Wildman–Crippen LogP) is 5.08. The van der Waals surface area contributed by atoms with Crippen molar-refractivity contribution in [3.63, 3.8) is 0 Å². The van der Waals surface area contributed by atoms with Crippen molar-refractivity contribution in [3.8, 4) is 0 Å². The Kier molecular flexibility index (Phi) is 6.31. The van der Waals surface area contributed by atoms with Gasteiger partial charge in [-0.1, -0.05) is 108 Å². The second kappa shape index (κ2) is 10.9. The normalized spacial score (nSPS) is 13.0. The molecule has 2 aromatic heterocycles. The molecule has 0 radical (unpaired) electrons. The highest BCUT2D eigenvalue weighted by atomic mass is 15.2. The van der Waals surface area contributed by atoms with Crippen molar-refractivity contribution in [1.82, 2.24) is 9.97 Å². The zero-order valence-electron chi connectivity index (χ0n) is 25.1. The minimum atomic E-state index is 0.118. The quantitative estimate of drug-likeness (QED) is 0.270. The van der Waals surface area contributed by atoms with Crippen molar-refractivity contribution < 1.29 is 0 Å². The molecule has 0 amide bonds. The highest BCUT2D eigenvalue weighted by Crippen LogP contribution is 2.36. The van der Waals surface area contributed by atoms with Crippen molar-refractivity contribution in [2.24, 2.45) is 0 Å². The largest absolute Gasteiger partial charge is 0.311 e. The van der Waals surface area contributed by atoms with Crippen LogP contribution in [0.2, 0.25) is 0 Å². The van der Waals surface area contributed by atoms with Crippen LogP contribution in [0.1, 0.15) is 0 Å². The van der Waals surface area contributed by atoms with E-state index in [0.717, 1.165) is 11.4 Å². The van der Waals surface area contributed by atoms with Crippen molar-refractivity contribution in [3.05, 3.63) is 170 Å². The Bertz CT molecular complexity index is 1940. The smallest absolute Gasteiger partial charge is 0.246 e. The first-order valence-corrected chi connectivity index (χ1v) is 15.7. The summed E-state index contributed by atoms with van der Waals surface area (Å²) in [5.74, 6) is 0. The van der Waals surface area contributed by atoms with Gasteiger partial charge in [0, 0.05) is 58.9 Å². The first kappa shape index (κ1) is 26.5. The van der Waals surface area contributed by atoms with E-state index in [4.69, 9.17) is 0 Å². The molecule has 2 aliphatic heterocycles. The fourth-order valence-corrected chi connectivity index (χ4v) is 7.48. The summed E-state index contributed by atoms with van der Waals surface area (Å²) in [6.07, 6.45) is 7.46. The van der Waals surface area contributed by atoms with E-state index in [1.165, 1.54) is 55.5 Å². The molecule has 4 heterocycles. The molecule has 6 heteroatoms. The van der Waals surface area contributed by atoms with E-state index in [1.807, 2.05) is 24.8 Å². The lowest BCUT2D eigenvalue weighted by molar-refractivity contribution is 1.25. The minimum absolute atomic E-state index is 0.118. The molecule has 5 aromatic carbocycles. The summed E-state index contributed by atoms with van der Waals surface area (Å²) in [6, 6.07) is 52.9. The topological polar surface area (TPSA) is 32.3 Å². The molecule has 4 nitrogen and oxygen atoms in total. The van der Waals surface area contributed by atoms with Crippen molar-refractivity contribution in [2.45, 2.75) is 0 Å². The van der Waals surface area contributed by atoms with E-state index < -0.39 is 0 Å². The van der Waals surface area contributed by atoms with Crippen LogP contribution in [0, 0.1) is 0 Å². The summed E-state index contributed by atoms with van der Waals surface area (Å²) in [5.41, 5.74) is 14.8. The number of aromatic nitrogens is 2. The Balaban J connectivity index is 1.16. The average molecular weight is 586 g/mol. The van der Waals surface area contributed by atoms with Gasteiger partial charge in [0.1, 0.15) is 0 Å². The molecule has 214 valence electrons. The zero-order chi connectivity index (χ0) is 30.5. The Morgan fingerprint density at radius 2 is 0.609 bits per heavy atom. The third-order valence-corrected chi connectivity index (χ3v) is 9.40. The maximum atomic E-state index is 4.28. The number of pyridine rings is 2. The molecule has 0 saturated heterocycles. The maximum absolute atomic E-state index is 4.28. The zero-order valence-corrected chi connectivity index (χ0v) is 25.1.